The summed E-state index contributed by atoms with van der Waals surface area (Å²) >= 11 is 6.55. The van der Waals surface area contributed by atoms with Gasteiger partial charge in [-0.15, -0.1) is 0 Å². The zero-order chi connectivity index (χ0) is 21.1. The number of carbonyl (C=O) groups excluding carboxylic acids is 2. The first kappa shape index (κ1) is 20.0. The average Bonchev–Trinajstić information content (AvgIpc) is 3.49. The molecule has 0 aliphatic carbocycles. The standard InChI is InChI=1S/C21H15NO6S2/c1-25-17-10-13(6-7-15(17)28-20(24)16-5-3-9-27-16)11-18-19(23)22(21(29)30-18)12-14-4-2-8-26-14/h2-11H,12H2,1H3/b18-11-. The lowest BCUT2D eigenvalue weighted by molar-refractivity contribution is -0.122. The monoisotopic (exact) mass is 441 g/mol. The van der Waals surface area contributed by atoms with Crippen molar-refractivity contribution in [1.82, 2.24) is 4.90 Å². The molecule has 152 valence electrons. The van der Waals surface area contributed by atoms with Crippen molar-refractivity contribution >= 4 is 46.3 Å². The highest BCUT2D eigenvalue weighted by Gasteiger charge is 2.32. The first-order valence-electron chi connectivity index (χ1n) is 8.76. The maximum absolute atomic E-state index is 12.7. The number of hydrogen-bond donors (Lipinski definition) is 0. The molecule has 1 aliphatic rings. The van der Waals surface area contributed by atoms with E-state index >= 15 is 0 Å². The molecule has 1 fully saturated rings. The van der Waals surface area contributed by atoms with Gasteiger partial charge in [0.15, 0.2) is 11.5 Å². The molecule has 9 heteroatoms. The third kappa shape index (κ3) is 4.17. The summed E-state index contributed by atoms with van der Waals surface area (Å²) in [5.41, 5.74) is 0.697. The molecule has 1 aromatic carbocycles. The quantitative estimate of drug-likeness (QED) is 0.239. The largest absolute Gasteiger partial charge is 0.493 e. The van der Waals surface area contributed by atoms with Crippen LogP contribution >= 0.6 is 24.0 Å². The lowest BCUT2D eigenvalue weighted by Crippen LogP contribution is -2.27. The summed E-state index contributed by atoms with van der Waals surface area (Å²) in [7, 11) is 1.46. The van der Waals surface area contributed by atoms with E-state index in [2.05, 4.69) is 0 Å². The van der Waals surface area contributed by atoms with Gasteiger partial charge in [-0.25, -0.2) is 4.79 Å². The van der Waals surface area contributed by atoms with Crippen LogP contribution in [0.4, 0.5) is 0 Å². The first-order chi connectivity index (χ1) is 14.5. The maximum Gasteiger partial charge on any atom is 0.379 e. The fourth-order valence-corrected chi connectivity index (χ4v) is 4.00. The van der Waals surface area contributed by atoms with Crippen LogP contribution in [0, 0.1) is 0 Å². The predicted octanol–water partition coefficient (Wildman–Crippen LogP) is 4.50. The Morgan fingerprint density at radius 3 is 2.67 bits per heavy atom. The van der Waals surface area contributed by atoms with Gasteiger partial charge in [0, 0.05) is 0 Å². The van der Waals surface area contributed by atoms with Gasteiger partial charge in [0.25, 0.3) is 5.91 Å². The molecule has 0 radical (unpaired) electrons. The molecule has 1 amide bonds. The molecule has 1 saturated heterocycles. The third-order valence-corrected chi connectivity index (χ3v) is 5.56. The number of furan rings is 2. The van der Waals surface area contributed by atoms with Crippen LogP contribution in [-0.2, 0) is 11.3 Å². The molecule has 3 heterocycles. The van der Waals surface area contributed by atoms with Gasteiger partial charge in [0.05, 0.1) is 31.1 Å². The summed E-state index contributed by atoms with van der Waals surface area (Å²) in [6.07, 6.45) is 4.65. The van der Waals surface area contributed by atoms with Gasteiger partial charge in [-0.05, 0) is 48.0 Å². The Morgan fingerprint density at radius 1 is 1.17 bits per heavy atom. The van der Waals surface area contributed by atoms with Gasteiger partial charge < -0.3 is 18.3 Å². The van der Waals surface area contributed by atoms with Crippen LogP contribution in [0.2, 0.25) is 0 Å². The molecule has 0 bridgehead atoms. The van der Waals surface area contributed by atoms with Crippen LogP contribution < -0.4 is 9.47 Å². The van der Waals surface area contributed by atoms with Crippen molar-refractivity contribution in [2.45, 2.75) is 6.54 Å². The van der Waals surface area contributed by atoms with Crippen molar-refractivity contribution in [3.05, 3.63) is 77.0 Å². The van der Waals surface area contributed by atoms with Crippen molar-refractivity contribution in [3.63, 3.8) is 0 Å². The van der Waals surface area contributed by atoms with Crippen molar-refractivity contribution in [2.24, 2.45) is 0 Å². The SMILES string of the molecule is COc1cc(/C=C2\SC(=S)N(Cc3ccco3)C2=O)ccc1OC(=O)c1ccco1. The zero-order valence-corrected chi connectivity index (χ0v) is 17.3. The second-order valence-electron chi connectivity index (χ2n) is 6.12. The summed E-state index contributed by atoms with van der Waals surface area (Å²) in [4.78, 5) is 26.8. The molecule has 1 aliphatic heterocycles. The topological polar surface area (TPSA) is 82.1 Å². The molecule has 30 heavy (non-hydrogen) atoms. The molecule has 0 spiro atoms. The summed E-state index contributed by atoms with van der Waals surface area (Å²) in [6, 6.07) is 11.6. The average molecular weight is 441 g/mol. The van der Waals surface area contributed by atoms with Gasteiger partial charge in [-0.3, -0.25) is 9.69 Å². The van der Waals surface area contributed by atoms with E-state index in [-0.39, 0.29) is 24.0 Å². The number of esters is 1. The molecule has 7 nitrogen and oxygen atoms in total. The lowest BCUT2D eigenvalue weighted by atomic mass is 10.2. The Bertz CT molecular complexity index is 1120. The Hall–Kier alpha value is -3.30. The van der Waals surface area contributed by atoms with E-state index in [1.54, 1.807) is 48.7 Å². The number of nitrogens with zero attached hydrogens (tertiary/aromatic N) is 1. The normalized spacial score (nSPS) is 15.1. The summed E-state index contributed by atoms with van der Waals surface area (Å²) in [5.74, 6) is 0.480. The summed E-state index contributed by atoms with van der Waals surface area (Å²) in [5, 5.41) is 0. The van der Waals surface area contributed by atoms with Crippen molar-refractivity contribution in [1.29, 1.82) is 0 Å². The van der Waals surface area contributed by atoms with Gasteiger partial charge in [-0.1, -0.05) is 30.0 Å². The van der Waals surface area contributed by atoms with Crippen LogP contribution in [0.25, 0.3) is 6.08 Å². The van der Waals surface area contributed by atoms with E-state index in [9.17, 15) is 9.59 Å². The lowest BCUT2D eigenvalue weighted by Gasteiger charge is -2.12. The van der Waals surface area contributed by atoms with Crippen LogP contribution in [0.5, 0.6) is 11.5 Å². The van der Waals surface area contributed by atoms with E-state index in [1.807, 2.05) is 0 Å². The zero-order valence-electron chi connectivity index (χ0n) is 15.7. The van der Waals surface area contributed by atoms with Gasteiger partial charge >= 0.3 is 5.97 Å². The second-order valence-corrected chi connectivity index (χ2v) is 7.80. The fourth-order valence-electron chi connectivity index (χ4n) is 2.75. The Kier molecular flexibility index (Phi) is 5.73. The number of thioether (sulfide) groups is 1. The summed E-state index contributed by atoms with van der Waals surface area (Å²) in [6.45, 7) is 0.278. The number of amides is 1. The van der Waals surface area contributed by atoms with E-state index in [1.165, 1.54) is 36.1 Å². The Balaban J connectivity index is 1.52. The number of methoxy groups -OCH3 is 1. The van der Waals surface area contributed by atoms with E-state index in [4.69, 9.17) is 30.5 Å². The Labute approximate surface area is 181 Å². The smallest absolute Gasteiger partial charge is 0.379 e. The number of thiocarbonyl (C=S) groups is 1. The van der Waals surface area contributed by atoms with Crippen molar-refractivity contribution < 1.29 is 27.9 Å². The molecule has 3 aromatic rings. The highest BCUT2D eigenvalue weighted by Crippen LogP contribution is 2.35. The minimum Gasteiger partial charge on any atom is -0.493 e. The number of ether oxygens (including phenoxy) is 2. The van der Waals surface area contributed by atoms with Crippen LogP contribution in [-0.4, -0.2) is 28.2 Å². The van der Waals surface area contributed by atoms with Gasteiger partial charge in [-0.2, -0.15) is 0 Å². The van der Waals surface area contributed by atoms with Gasteiger partial charge in [0.1, 0.15) is 10.1 Å². The Morgan fingerprint density at radius 2 is 1.97 bits per heavy atom. The minimum atomic E-state index is -0.634. The fraction of sp³-hybridized carbons (Fsp3) is 0.0952. The molecule has 0 unspecified atom stereocenters. The molecule has 2 aromatic heterocycles. The number of carbonyl (C=O) groups is 2. The molecular weight excluding hydrogens is 426 g/mol. The van der Waals surface area contributed by atoms with E-state index in [0.717, 1.165) is 0 Å². The number of hydrogen-bond acceptors (Lipinski definition) is 8. The summed E-state index contributed by atoms with van der Waals surface area (Å²) < 4.78 is 21.5. The van der Waals surface area contributed by atoms with E-state index in [0.29, 0.717) is 26.3 Å². The van der Waals surface area contributed by atoms with Crippen LogP contribution in [0.3, 0.4) is 0 Å². The molecule has 0 atom stereocenters. The van der Waals surface area contributed by atoms with E-state index < -0.39 is 5.97 Å². The minimum absolute atomic E-state index is 0.0846. The van der Waals surface area contributed by atoms with Crippen LogP contribution in [0.1, 0.15) is 21.9 Å². The first-order valence-corrected chi connectivity index (χ1v) is 9.99. The number of rotatable bonds is 6. The highest BCUT2D eigenvalue weighted by atomic mass is 32.2. The second kappa shape index (κ2) is 8.60. The third-order valence-electron chi connectivity index (χ3n) is 4.18. The van der Waals surface area contributed by atoms with Crippen LogP contribution in [0.15, 0.2) is 68.7 Å². The highest BCUT2D eigenvalue weighted by molar-refractivity contribution is 8.26. The molecule has 0 saturated carbocycles. The molecule has 0 N–H and O–H groups in total. The van der Waals surface area contributed by atoms with Gasteiger partial charge in [0.2, 0.25) is 5.76 Å². The molecular formula is C21H15NO6S2. The van der Waals surface area contributed by atoms with Crippen molar-refractivity contribution in [3.8, 4) is 11.5 Å². The maximum atomic E-state index is 12.7. The number of benzene rings is 1. The van der Waals surface area contributed by atoms with Crippen molar-refractivity contribution in [2.75, 3.05) is 7.11 Å². The predicted molar refractivity (Wildman–Crippen MR) is 114 cm³/mol. The molecule has 4 rings (SSSR count).